The largest absolute Gasteiger partial charge is 0.493 e. The lowest BCUT2D eigenvalue weighted by Crippen LogP contribution is -2.42. The minimum atomic E-state index is -2.97. The van der Waals surface area contributed by atoms with Crippen LogP contribution in [0.25, 0.3) is 0 Å². The van der Waals surface area contributed by atoms with Gasteiger partial charge in [0.25, 0.3) is 0 Å². The summed E-state index contributed by atoms with van der Waals surface area (Å²) < 4.78 is 34.4. The van der Waals surface area contributed by atoms with Crippen LogP contribution < -0.4 is 20.1 Å². The van der Waals surface area contributed by atoms with Gasteiger partial charge in [-0.05, 0) is 45.1 Å². The first-order valence-corrected chi connectivity index (χ1v) is 11.9. The van der Waals surface area contributed by atoms with Crippen LogP contribution in [0, 0.1) is 0 Å². The summed E-state index contributed by atoms with van der Waals surface area (Å²) in [6.45, 7) is 2.47. The van der Waals surface area contributed by atoms with Gasteiger partial charge in [-0.2, -0.15) is 0 Å². The first-order chi connectivity index (χ1) is 13.3. The summed E-state index contributed by atoms with van der Waals surface area (Å²) >= 11 is 0. The molecule has 1 aromatic carbocycles. The number of hydrogen-bond donors (Lipinski definition) is 2. The molecular formula is C20H34IN3O4S. The third kappa shape index (κ3) is 8.98. The number of aliphatic imine (C=N–C) groups is 1. The topological polar surface area (TPSA) is 89.0 Å². The molecule has 0 amide bonds. The number of rotatable bonds is 9. The molecule has 1 aromatic rings. The first kappa shape index (κ1) is 25.8. The van der Waals surface area contributed by atoms with Crippen LogP contribution in [0.4, 0.5) is 0 Å². The van der Waals surface area contributed by atoms with Crippen molar-refractivity contribution < 1.29 is 17.9 Å². The molecule has 0 saturated heterocycles. The van der Waals surface area contributed by atoms with Gasteiger partial charge in [-0.3, -0.25) is 4.99 Å². The van der Waals surface area contributed by atoms with Crippen LogP contribution in [-0.4, -0.2) is 52.7 Å². The molecule has 0 aromatic heterocycles. The monoisotopic (exact) mass is 539 g/mol. The van der Waals surface area contributed by atoms with Gasteiger partial charge in [-0.1, -0.05) is 12.1 Å². The Kier molecular flexibility index (Phi) is 11.1. The molecule has 0 aliphatic heterocycles. The Bertz CT molecular complexity index is 765. The number of guanidine groups is 1. The molecule has 1 saturated carbocycles. The Morgan fingerprint density at radius 3 is 2.59 bits per heavy atom. The molecule has 2 rings (SSSR count). The maximum atomic E-state index is 11.3. The highest BCUT2D eigenvalue weighted by Gasteiger charge is 2.20. The average molecular weight is 539 g/mol. The fraction of sp³-hybridized carbons (Fsp3) is 0.650. The minimum absolute atomic E-state index is 0. The van der Waals surface area contributed by atoms with E-state index in [1.807, 2.05) is 25.1 Å². The van der Waals surface area contributed by atoms with Gasteiger partial charge < -0.3 is 20.1 Å². The molecule has 0 radical (unpaired) electrons. The summed E-state index contributed by atoms with van der Waals surface area (Å²) in [5.74, 6) is 2.28. The van der Waals surface area contributed by atoms with E-state index >= 15 is 0 Å². The molecule has 29 heavy (non-hydrogen) atoms. The maximum absolute atomic E-state index is 11.3. The number of ether oxygens (including phenoxy) is 2. The molecule has 2 N–H and O–H groups in total. The van der Waals surface area contributed by atoms with Crippen LogP contribution in [0.5, 0.6) is 11.5 Å². The van der Waals surface area contributed by atoms with Gasteiger partial charge in [0, 0.05) is 31.5 Å². The Morgan fingerprint density at radius 1 is 1.31 bits per heavy atom. The zero-order chi connectivity index (χ0) is 20.6. The summed E-state index contributed by atoms with van der Waals surface area (Å²) in [4.78, 5) is 4.24. The van der Waals surface area contributed by atoms with Gasteiger partial charge in [0.05, 0.1) is 19.0 Å². The molecule has 1 aliphatic rings. The lowest BCUT2D eigenvalue weighted by Gasteiger charge is -2.21. The van der Waals surface area contributed by atoms with E-state index < -0.39 is 9.84 Å². The van der Waals surface area contributed by atoms with E-state index in [9.17, 15) is 8.42 Å². The van der Waals surface area contributed by atoms with Crippen molar-refractivity contribution in [1.29, 1.82) is 0 Å². The smallest absolute Gasteiger partial charge is 0.191 e. The van der Waals surface area contributed by atoms with E-state index in [2.05, 4.69) is 15.6 Å². The predicted molar refractivity (Wildman–Crippen MR) is 128 cm³/mol. The van der Waals surface area contributed by atoms with Gasteiger partial charge in [-0.25, -0.2) is 8.42 Å². The normalized spacial score (nSPS) is 16.1. The van der Waals surface area contributed by atoms with Crippen LogP contribution in [-0.2, 0) is 16.4 Å². The lowest BCUT2D eigenvalue weighted by molar-refractivity contribution is 0.198. The number of methoxy groups -OCH3 is 1. The number of nitrogens with one attached hydrogen (secondary N) is 2. The number of benzene rings is 1. The summed E-state index contributed by atoms with van der Waals surface area (Å²) in [5, 5.41) is 6.52. The minimum Gasteiger partial charge on any atom is -0.493 e. The van der Waals surface area contributed by atoms with E-state index in [4.69, 9.17) is 9.47 Å². The van der Waals surface area contributed by atoms with Crippen molar-refractivity contribution >= 4 is 39.8 Å². The van der Waals surface area contributed by atoms with Crippen LogP contribution >= 0.6 is 24.0 Å². The number of hydrogen-bond acceptors (Lipinski definition) is 5. The Labute approximate surface area is 192 Å². The number of halogens is 1. The van der Waals surface area contributed by atoms with Gasteiger partial charge in [-0.15, -0.1) is 24.0 Å². The average Bonchev–Trinajstić information content (AvgIpc) is 3.16. The van der Waals surface area contributed by atoms with E-state index in [-0.39, 0.29) is 41.9 Å². The zero-order valence-electron chi connectivity index (χ0n) is 17.7. The van der Waals surface area contributed by atoms with Crippen molar-refractivity contribution in [2.45, 2.75) is 57.7 Å². The molecule has 1 atom stereocenters. The molecule has 1 fully saturated rings. The molecule has 166 valence electrons. The molecule has 9 heteroatoms. The Hall–Kier alpha value is -1.23. The van der Waals surface area contributed by atoms with Gasteiger partial charge >= 0.3 is 0 Å². The van der Waals surface area contributed by atoms with E-state index in [1.54, 1.807) is 14.2 Å². The molecule has 0 heterocycles. The van der Waals surface area contributed by atoms with E-state index in [0.717, 1.165) is 29.9 Å². The SMILES string of the molecule is CN=C(NCc1cccc(OC)c1OC1CCCC1)NC(C)CCS(C)(=O)=O.I. The quantitative estimate of drug-likeness (QED) is 0.285. The fourth-order valence-electron chi connectivity index (χ4n) is 3.24. The van der Waals surface area contributed by atoms with Gasteiger partial charge in [0.2, 0.25) is 0 Å². The molecule has 1 aliphatic carbocycles. The van der Waals surface area contributed by atoms with Crippen LogP contribution in [0.2, 0.25) is 0 Å². The molecule has 0 bridgehead atoms. The van der Waals surface area contributed by atoms with Crippen molar-refractivity contribution in [1.82, 2.24) is 10.6 Å². The summed E-state index contributed by atoms with van der Waals surface area (Å²) in [6, 6.07) is 5.86. The Morgan fingerprint density at radius 2 is 2.00 bits per heavy atom. The molecule has 1 unspecified atom stereocenters. The highest BCUT2D eigenvalue weighted by molar-refractivity contribution is 14.0. The van der Waals surface area contributed by atoms with Crippen molar-refractivity contribution in [2.75, 3.05) is 26.2 Å². The first-order valence-electron chi connectivity index (χ1n) is 9.80. The van der Waals surface area contributed by atoms with Crippen molar-refractivity contribution in [3.05, 3.63) is 23.8 Å². The maximum Gasteiger partial charge on any atom is 0.191 e. The van der Waals surface area contributed by atoms with Crippen LogP contribution in [0.3, 0.4) is 0 Å². The summed E-state index contributed by atoms with van der Waals surface area (Å²) in [7, 11) is 0.373. The van der Waals surface area contributed by atoms with Crippen molar-refractivity contribution in [3.63, 3.8) is 0 Å². The highest BCUT2D eigenvalue weighted by Crippen LogP contribution is 2.34. The van der Waals surface area contributed by atoms with E-state index in [1.165, 1.54) is 19.1 Å². The second-order valence-corrected chi connectivity index (χ2v) is 9.62. The number of nitrogens with zero attached hydrogens (tertiary/aromatic N) is 1. The second-order valence-electron chi connectivity index (χ2n) is 7.36. The van der Waals surface area contributed by atoms with Crippen LogP contribution in [0.15, 0.2) is 23.2 Å². The summed E-state index contributed by atoms with van der Waals surface area (Å²) in [6.07, 6.45) is 6.57. The number of sulfone groups is 1. The molecular weight excluding hydrogens is 505 g/mol. The van der Waals surface area contributed by atoms with Crippen molar-refractivity contribution in [3.8, 4) is 11.5 Å². The highest BCUT2D eigenvalue weighted by atomic mass is 127. The Balaban J connectivity index is 0.00000420. The third-order valence-electron chi connectivity index (χ3n) is 4.84. The van der Waals surface area contributed by atoms with E-state index in [0.29, 0.717) is 18.9 Å². The fourth-order valence-corrected chi connectivity index (χ4v) is 4.02. The van der Waals surface area contributed by atoms with Gasteiger partial charge in [0.1, 0.15) is 9.84 Å². The third-order valence-corrected chi connectivity index (χ3v) is 5.82. The second kappa shape index (κ2) is 12.5. The molecule has 7 nitrogen and oxygen atoms in total. The standard InChI is InChI=1S/C20H33N3O4S.HI/c1-15(12-13-28(4,24)25)23-20(21-2)22-14-16-8-7-11-18(26-3)19(16)27-17-9-5-6-10-17;/h7-8,11,15,17H,5-6,9-10,12-14H2,1-4H3,(H2,21,22,23);1H. The molecule has 0 spiro atoms. The van der Waals surface area contributed by atoms with Crippen LogP contribution in [0.1, 0.15) is 44.6 Å². The van der Waals surface area contributed by atoms with Gasteiger partial charge in [0.15, 0.2) is 17.5 Å². The summed E-state index contributed by atoms with van der Waals surface area (Å²) in [5.41, 5.74) is 0.998. The number of para-hydroxylation sites is 1. The predicted octanol–water partition coefficient (Wildman–Crippen LogP) is 3.12. The lowest BCUT2D eigenvalue weighted by atomic mass is 10.1. The van der Waals surface area contributed by atoms with Crippen molar-refractivity contribution in [2.24, 2.45) is 4.99 Å². The zero-order valence-corrected chi connectivity index (χ0v) is 20.9.